The van der Waals surface area contributed by atoms with Gasteiger partial charge in [-0.05, 0) is 50.3 Å². The molecular formula is C26H32N4O3. The third-order valence-corrected chi connectivity index (χ3v) is 6.37. The minimum Gasteiger partial charge on any atom is -0.456 e. The molecule has 0 bridgehead atoms. The van der Waals surface area contributed by atoms with E-state index in [1.54, 1.807) is 19.3 Å². The summed E-state index contributed by atoms with van der Waals surface area (Å²) in [5.74, 6) is 0.408. The van der Waals surface area contributed by atoms with Crippen molar-refractivity contribution in [3.63, 3.8) is 0 Å². The fraction of sp³-hybridized carbons (Fsp3) is 0.423. The van der Waals surface area contributed by atoms with Crippen LogP contribution in [0.1, 0.15) is 39.2 Å². The molecule has 3 atom stereocenters. The molecule has 0 spiro atoms. The highest BCUT2D eigenvalue weighted by Crippen LogP contribution is 2.36. The highest BCUT2D eigenvalue weighted by atomic mass is 16.3. The molecule has 0 aliphatic carbocycles. The number of fused-ring (bicyclic) bond motifs is 1. The number of aromatic nitrogens is 1. The summed E-state index contributed by atoms with van der Waals surface area (Å²) in [7, 11) is 0. The molecule has 4 rings (SSSR count). The van der Waals surface area contributed by atoms with Gasteiger partial charge in [0.15, 0.2) is 0 Å². The maximum Gasteiger partial charge on any atom is 0.245 e. The number of pyridine rings is 1. The molecule has 33 heavy (non-hydrogen) atoms. The molecule has 1 saturated heterocycles. The van der Waals surface area contributed by atoms with Crippen molar-refractivity contribution in [2.75, 3.05) is 6.54 Å². The number of para-hydroxylation sites is 1. The molecular weight excluding hydrogens is 416 g/mol. The van der Waals surface area contributed by atoms with Gasteiger partial charge in [-0.25, -0.2) is 0 Å². The summed E-state index contributed by atoms with van der Waals surface area (Å²) in [5.41, 5.74) is 8.56. The lowest BCUT2D eigenvalue weighted by atomic mass is 9.97. The van der Waals surface area contributed by atoms with Crippen LogP contribution in [0.5, 0.6) is 0 Å². The molecule has 1 fully saturated rings. The van der Waals surface area contributed by atoms with Crippen molar-refractivity contribution in [1.82, 2.24) is 15.2 Å². The quantitative estimate of drug-likeness (QED) is 0.576. The molecule has 3 N–H and O–H groups in total. The molecule has 174 valence electrons. The number of carbonyl (C=O) groups excluding carboxylic acids is 2. The van der Waals surface area contributed by atoms with Crippen molar-refractivity contribution in [1.29, 1.82) is 0 Å². The summed E-state index contributed by atoms with van der Waals surface area (Å²) in [4.78, 5) is 32.0. The third-order valence-electron chi connectivity index (χ3n) is 6.37. The van der Waals surface area contributed by atoms with Gasteiger partial charge in [-0.2, -0.15) is 0 Å². The van der Waals surface area contributed by atoms with E-state index in [2.05, 4.69) is 16.4 Å². The van der Waals surface area contributed by atoms with Gasteiger partial charge in [0.25, 0.3) is 0 Å². The van der Waals surface area contributed by atoms with E-state index in [0.29, 0.717) is 13.0 Å². The van der Waals surface area contributed by atoms with Crippen LogP contribution in [0, 0.1) is 5.92 Å². The van der Waals surface area contributed by atoms with Gasteiger partial charge in [0.1, 0.15) is 17.4 Å². The average Bonchev–Trinajstić information content (AvgIpc) is 3.42. The van der Waals surface area contributed by atoms with Crippen LogP contribution in [0.15, 0.2) is 53.2 Å². The van der Waals surface area contributed by atoms with Gasteiger partial charge in [0, 0.05) is 41.5 Å². The van der Waals surface area contributed by atoms with Crippen molar-refractivity contribution in [2.24, 2.45) is 11.7 Å². The van der Waals surface area contributed by atoms with Crippen molar-refractivity contribution in [3.8, 4) is 11.3 Å². The summed E-state index contributed by atoms with van der Waals surface area (Å²) in [6.45, 7) is 6.19. The summed E-state index contributed by atoms with van der Waals surface area (Å²) in [6, 6.07) is 10.7. The molecule has 0 radical (unpaired) electrons. The number of rotatable bonds is 7. The second-order valence-electron chi connectivity index (χ2n) is 9.20. The van der Waals surface area contributed by atoms with Crippen molar-refractivity contribution in [2.45, 2.75) is 58.2 Å². The van der Waals surface area contributed by atoms with Gasteiger partial charge in [-0.15, -0.1) is 0 Å². The Labute approximate surface area is 194 Å². The van der Waals surface area contributed by atoms with Gasteiger partial charge < -0.3 is 20.4 Å². The summed E-state index contributed by atoms with van der Waals surface area (Å²) in [6.07, 6.45) is 6.06. The summed E-state index contributed by atoms with van der Waals surface area (Å²) >= 11 is 0. The number of nitrogens with one attached hydrogen (secondary N) is 1. The second-order valence-corrected chi connectivity index (χ2v) is 9.20. The molecule has 1 aliphatic heterocycles. The van der Waals surface area contributed by atoms with E-state index in [4.69, 9.17) is 10.2 Å². The number of nitrogens with zero attached hydrogens (tertiary/aromatic N) is 2. The van der Waals surface area contributed by atoms with E-state index in [1.165, 1.54) is 0 Å². The topological polar surface area (TPSA) is 101 Å². The van der Waals surface area contributed by atoms with Crippen molar-refractivity contribution in [3.05, 3.63) is 54.4 Å². The largest absolute Gasteiger partial charge is 0.456 e. The highest BCUT2D eigenvalue weighted by Gasteiger charge is 2.36. The van der Waals surface area contributed by atoms with Crippen LogP contribution in [-0.2, 0) is 16.0 Å². The van der Waals surface area contributed by atoms with E-state index in [9.17, 15) is 9.59 Å². The Kier molecular flexibility index (Phi) is 6.79. The van der Waals surface area contributed by atoms with Gasteiger partial charge in [-0.1, -0.05) is 32.0 Å². The second kappa shape index (κ2) is 9.75. The normalized spacial score (nSPS) is 18.0. The fourth-order valence-corrected chi connectivity index (χ4v) is 4.58. The number of nitrogens with two attached hydrogens (primary N) is 1. The van der Waals surface area contributed by atoms with Crippen LogP contribution in [0.3, 0.4) is 0 Å². The number of furan rings is 1. The van der Waals surface area contributed by atoms with E-state index in [0.717, 1.165) is 40.7 Å². The van der Waals surface area contributed by atoms with Gasteiger partial charge in [-0.3, -0.25) is 14.6 Å². The Hall–Kier alpha value is -3.19. The number of hydrogen-bond acceptors (Lipinski definition) is 5. The van der Waals surface area contributed by atoms with Gasteiger partial charge in [0.2, 0.25) is 11.8 Å². The first-order valence-corrected chi connectivity index (χ1v) is 11.6. The molecule has 1 aromatic carbocycles. The molecule has 3 aromatic rings. The van der Waals surface area contributed by atoms with Crippen LogP contribution >= 0.6 is 0 Å². The Bertz CT molecular complexity index is 1120. The van der Waals surface area contributed by atoms with Crippen LogP contribution in [0.2, 0.25) is 0 Å². The highest BCUT2D eigenvalue weighted by molar-refractivity contribution is 5.90. The third kappa shape index (κ3) is 4.78. The van der Waals surface area contributed by atoms with E-state index < -0.39 is 12.1 Å². The van der Waals surface area contributed by atoms with Gasteiger partial charge >= 0.3 is 0 Å². The Morgan fingerprint density at radius 3 is 2.70 bits per heavy atom. The minimum atomic E-state index is -0.659. The monoisotopic (exact) mass is 448 g/mol. The Morgan fingerprint density at radius 2 is 2.00 bits per heavy atom. The zero-order valence-corrected chi connectivity index (χ0v) is 19.5. The number of hydrogen-bond donors (Lipinski definition) is 2. The van der Waals surface area contributed by atoms with Crippen LogP contribution in [0.4, 0.5) is 0 Å². The summed E-state index contributed by atoms with van der Waals surface area (Å²) < 4.78 is 6.24. The number of carbonyl (C=O) groups is 2. The first-order chi connectivity index (χ1) is 15.9. The first-order valence-electron chi connectivity index (χ1n) is 11.6. The number of likely N-dealkylation sites (tertiary alicyclic amines) is 1. The molecule has 0 saturated carbocycles. The van der Waals surface area contributed by atoms with Gasteiger partial charge in [0.05, 0.1) is 6.04 Å². The predicted molar refractivity (Wildman–Crippen MR) is 128 cm³/mol. The summed E-state index contributed by atoms with van der Waals surface area (Å²) in [5, 5.41) is 3.91. The molecule has 3 heterocycles. The van der Waals surface area contributed by atoms with E-state index >= 15 is 0 Å². The lowest BCUT2D eigenvalue weighted by Crippen LogP contribution is -2.55. The maximum atomic E-state index is 13.5. The van der Waals surface area contributed by atoms with Crippen molar-refractivity contribution >= 4 is 22.8 Å². The molecule has 2 aromatic heterocycles. The number of amides is 2. The Morgan fingerprint density at radius 1 is 1.21 bits per heavy atom. The molecule has 0 unspecified atom stereocenters. The zero-order chi connectivity index (χ0) is 23.5. The van der Waals surface area contributed by atoms with E-state index in [-0.39, 0.29) is 23.8 Å². The standard InChI is InChI=1S/C26H32N4O3/c1-16(2)23(29-25(31)17(3)27)26(32)30-13-7-9-19(30)14-21-20-10-4-5-11-22(20)33-24(21)18-8-6-12-28-15-18/h4-6,8,10-12,15-17,19,23H,7,9,13-14,27H2,1-3H3,(H,29,31)/t17-,19-,23-/m0/s1. The van der Waals surface area contributed by atoms with E-state index in [1.807, 2.05) is 49.1 Å². The molecule has 7 heteroatoms. The lowest BCUT2D eigenvalue weighted by Gasteiger charge is -2.31. The van der Waals surface area contributed by atoms with Crippen molar-refractivity contribution < 1.29 is 14.0 Å². The van der Waals surface area contributed by atoms with Crippen LogP contribution < -0.4 is 11.1 Å². The fourth-order valence-electron chi connectivity index (χ4n) is 4.58. The maximum absolute atomic E-state index is 13.5. The number of benzene rings is 1. The Balaban J connectivity index is 1.64. The average molecular weight is 449 g/mol. The molecule has 7 nitrogen and oxygen atoms in total. The predicted octanol–water partition coefficient (Wildman–Crippen LogP) is 3.52. The van der Waals surface area contributed by atoms with Crippen LogP contribution in [0.25, 0.3) is 22.3 Å². The minimum absolute atomic E-state index is 0.0300. The van der Waals surface area contributed by atoms with Crippen LogP contribution in [-0.4, -0.2) is 46.4 Å². The lowest BCUT2D eigenvalue weighted by molar-refractivity contribution is -0.138. The SMILES string of the molecule is CC(C)[C@H](NC(=O)[C@H](C)N)C(=O)N1CCC[C@H]1Cc1c(-c2cccnc2)oc2ccccc12. The molecule has 2 amide bonds. The smallest absolute Gasteiger partial charge is 0.245 e. The zero-order valence-electron chi connectivity index (χ0n) is 19.5. The molecule has 1 aliphatic rings. The first kappa shape index (κ1) is 23.0.